The Kier molecular flexibility index (Phi) is 6.07. The zero-order chi connectivity index (χ0) is 25.2. The number of rotatable bonds is 6. The summed E-state index contributed by atoms with van der Waals surface area (Å²) in [5.41, 5.74) is 4.39. The second-order valence-corrected chi connectivity index (χ2v) is 9.07. The lowest BCUT2D eigenvalue weighted by atomic mass is 10.1. The Bertz CT molecular complexity index is 1540. The lowest BCUT2D eigenvalue weighted by Crippen LogP contribution is -2.48. The Morgan fingerprint density at radius 3 is 2.65 bits per heavy atom. The highest BCUT2D eigenvalue weighted by molar-refractivity contribution is 5.94. The van der Waals surface area contributed by atoms with Crippen LogP contribution in [0.25, 0.3) is 22.5 Å². The SMILES string of the molecule is Cc1noc(-c2ccc3nc(Nc4cc(CN5CCN(C(=O)c6ccccc6)CC5)ccn4)[nH]c3c2)n1. The first-order chi connectivity index (χ1) is 18.1. The van der Waals surface area contributed by atoms with Crippen LogP contribution < -0.4 is 5.32 Å². The standard InChI is InChI=1S/C27H26N8O2/c1-18-29-25(37-33-18)21-7-8-22-23(16-21)31-27(30-22)32-24-15-19(9-10-28-24)17-34-11-13-35(14-12-34)26(36)20-5-3-2-4-6-20/h2-10,15-16H,11-14,17H2,1H3,(H2,28,30,31,32). The van der Waals surface area contributed by atoms with Crippen LogP contribution in [0.1, 0.15) is 21.7 Å². The van der Waals surface area contributed by atoms with Crippen LogP contribution in [0.15, 0.2) is 71.4 Å². The van der Waals surface area contributed by atoms with Crippen LogP contribution >= 0.6 is 0 Å². The van der Waals surface area contributed by atoms with E-state index in [0.29, 0.717) is 36.6 Å². The van der Waals surface area contributed by atoms with Gasteiger partial charge in [0.15, 0.2) is 5.82 Å². The van der Waals surface area contributed by atoms with Crippen LogP contribution in [-0.2, 0) is 6.54 Å². The van der Waals surface area contributed by atoms with Gasteiger partial charge < -0.3 is 19.7 Å². The number of aromatic amines is 1. The molecule has 37 heavy (non-hydrogen) atoms. The highest BCUT2D eigenvalue weighted by Crippen LogP contribution is 2.24. The molecule has 10 heteroatoms. The first-order valence-electron chi connectivity index (χ1n) is 12.2. The van der Waals surface area contributed by atoms with Gasteiger partial charge in [-0.2, -0.15) is 4.98 Å². The molecule has 3 aromatic heterocycles. The second-order valence-electron chi connectivity index (χ2n) is 9.07. The molecule has 186 valence electrons. The Labute approximate surface area is 213 Å². The summed E-state index contributed by atoms with van der Waals surface area (Å²) in [4.78, 5) is 33.7. The van der Waals surface area contributed by atoms with Gasteiger partial charge in [0, 0.05) is 50.0 Å². The normalized spacial score (nSPS) is 14.2. The smallest absolute Gasteiger partial charge is 0.257 e. The highest BCUT2D eigenvalue weighted by Gasteiger charge is 2.22. The fourth-order valence-corrected chi connectivity index (χ4v) is 4.51. The van der Waals surface area contributed by atoms with Crippen LogP contribution in [0.5, 0.6) is 0 Å². The summed E-state index contributed by atoms with van der Waals surface area (Å²) >= 11 is 0. The predicted molar refractivity (Wildman–Crippen MR) is 139 cm³/mol. The molecule has 0 saturated carbocycles. The molecule has 0 atom stereocenters. The third-order valence-electron chi connectivity index (χ3n) is 6.41. The molecule has 10 nitrogen and oxygen atoms in total. The average molecular weight is 495 g/mol. The van der Waals surface area contributed by atoms with Gasteiger partial charge in [-0.25, -0.2) is 9.97 Å². The summed E-state index contributed by atoms with van der Waals surface area (Å²) in [6.07, 6.45) is 1.80. The van der Waals surface area contributed by atoms with E-state index in [1.807, 2.05) is 65.6 Å². The van der Waals surface area contributed by atoms with E-state index in [2.05, 4.69) is 35.3 Å². The summed E-state index contributed by atoms with van der Waals surface area (Å²) in [5, 5.41) is 7.13. The lowest BCUT2D eigenvalue weighted by Gasteiger charge is -2.34. The second kappa shape index (κ2) is 9.82. The number of benzene rings is 2. The van der Waals surface area contributed by atoms with Gasteiger partial charge >= 0.3 is 0 Å². The quantitative estimate of drug-likeness (QED) is 0.364. The Balaban J connectivity index is 1.09. The molecule has 1 saturated heterocycles. The highest BCUT2D eigenvalue weighted by atomic mass is 16.5. The van der Waals surface area contributed by atoms with Gasteiger partial charge in [-0.05, 0) is 55.0 Å². The molecular formula is C27H26N8O2. The van der Waals surface area contributed by atoms with Gasteiger partial charge in [-0.1, -0.05) is 23.4 Å². The molecule has 0 aliphatic carbocycles. The molecule has 0 spiro atoms. The maximum Gasteiger partial charge on any atom is 0.257 e. The molecule has 0 bridgehead atoms. The number of hydrogen-bond donors (Lipinski definition) is 2. The number of nitrogens with zero attached hydrogens (tertiary/aromatic N) is 6. The number of H-pyrrole nitrogens is 1. The van der Waals surface area contributed by atoms with Crippen LogP contribution in [0, 0.1) is 6.92 Å². The van der Waals surface area contributed by atoms with Crippen molar-refractivity contribution in [3.8, 4) is 11.5 Å². The number of amides is 1. The molecule has 2 aromatic carbocycles. The number of nitrogens with one attached hydrogen (secondary N) is 2. The molecule has 0 unspecified atom stereocenters. The van der Waals surface area contributed by atoms with Gasteiger partial charge in [0.25, 0.3) is 11.8 Å². The Morgan fingerprint density at radius 1 is 1.03 bits per heavy atom. The summed E-state index contributed by atoms with van der Waals surface area (Å²) in [6, 6.07) is 19.3. The van der Waals surface area contributed by atoms with Gasteiger partial charge in [0.05, 0.1) is 11.0 Å². The largest absolute Gasteiger partial charge is 0.336 e. The maximum absolute atomic E-state index is 12.7. The molecule has 5 aromatic rings. The van der Waals surface area contributed by atoms with E-state index in [-0.39, 0.29) is 5.91 Å². The number of fused-ring (bicyclic) bond motifs is 1. The molecule has 0 radical (unpaired) electrons. The summed E-state index contributed by atoms with van der Waals surface area (Å²) in [7, 11) is 0. The van der Waals surface area contributed by atoms with Gasteiger partial charge in [0.2, 0.25) is 5.95 Å². The fraction of sp³-hybridized carbons (Fsp3) is 0.222. The van der Waals surface area contributed by atoms with Gasteiger partial charge in [-0.15, -0.1) is 0 Å². The number of anilines is 2. The zero-order valence-electron chi connectivity index (χ0n) is 20.4. The minimum absolute atomic E-state index is 0.0980. The number of aromatic nitrogens is 5. The van der Waals surface area contributed by atoms with Crippen molar-refractivity contribution in [2.75, 3.05) is 31.5 Å². The number of carbonyl (C=O) groups is 1. The number of imidazole rings is 1. The first-order valence-corrected chi connectivity index (χ1v) is 12.2. The van der Waals surface area contributed by atoms with E-state index in [0.717, 1.165) is 47.4 Å². The van der Waals surface area contributed by atoms with Crippen molar-refractivity contribution in [2.24, 2.45) is 0 Å². The molecule has 1 fully saturated rings. The minimum atomic E-state index is 0.0980. The Morgan fingerprint density at radius 2 is 1.86 bits per heavy atom. The van der Waals surface area contributed by atoms with Crippen molar-refractivity contribution in [2.45, 2.75) is 13.5 Å². The van der Waals surface area contributed by atoms with Crippen LogP contribution in [0.2, 0.25) is 0 Å². The fourth-order valence-electron chi connectivity index (χ4n) is 4.51. The molecule has 4 heterocycles. The number of aryl methyl sites for hydroxylation is 1. The van der Waals surface area contributed by atoms with Crippen LogP contribution in [0.4, 0.5) is 11.8 Å². The van der Waals surface area contributed by atoms with Crippen molar-refractivity contribution in [3.63, 3.8) is 0 Å². The van der Waals surface area contributed by atoms with Crippen molar-refractivity contribution >= 4 is 28.7 Å². The maximum atomic E-state index is 12.7. The summed E-state index contributed by atoms with van der Waals surface area (Å²) in [5.74, 6) is 2.48. The average Bonchev–Trinajstić information content (AvgIpc) is 3.54. The van der Waals surface area contributed by atoms with Crippen LogP contribution in [0.3, 0.4) is 0 Å². The lowest BCUT2D eigenvalue weighted by molar-refractivity contribution is 0.0628. The number of hydrogen-bond acceptors (Lipinski definition) is 8. The minimum Gasteiger partial charge on any atom is -0.336 e. The monoisotopic (exact) mass is 494 g/mol. The molecule has 2 N–H and O–H groups in total. The van der Waals surface area contributed by atoms with Crippen molar-refractivity contribution in [3.05, 3.63) is 83.8 Å². The van der Waals surface area contributed by atoms with E-state index >= 15 is 0 Å². The van der Waals surface area contributed by atoms with Gasteiger partial charge in [-0.3, -0.25) is 9.69 Å². The summed E-state index contributed by atoms with van der Waals surface area (Å²) < 4.78 is 5.27. The third-order valence-corrected chi connectivity index (χ3v) is 6.41. The van der Waals surface area contributed by atoms with E-state index in [4.69, 9.17) is 4.52 Å². The number of pyridine rings is 1. The molecule has 1 amide bonds. The van der Waals surface area contributed by atoms with E-state index in [9.17, 15) is 4.79 Å². The molecule has 1 aliphatic heterocycles. The Hall–Kier alpha value is -4.57. The number of piperazine rings is 1. The zero-order valence-corrected chi connectivity index (χ0v) is 20.4. The van der Waals surface area contributed by atoms with E-state index < -0.39 is 0 Å². The predicted octanol–water partition coefficient (Wildman–Crippen LogP) is 4.02. The van der Waals surface area contributed by atoms with E-state index in [1.165, 1.54) is 0 Å². The first kappa shape index (κ1) is 22.9. The molecule has 1 aliphatic rings. The van der Waals surface area contributed by atoms with Crippen molar-refractivity contribution in [1.82, 2.24) is 34.9 Å². The van der Waals surface area contributed by atoms with Gasteiger partial charge in [0.1, 0.15) is 5.82 Å². The molecular weight excluding hydrogens is 468 g/mol. The number of carbonyl (C=O) groups excluding carboxylic acids is 1. The van der Waals surface area contributed by atoms with Crippen LogP contribution in [-0.4, -0.2) is 67.0 Å². The third kappa shape index (κ3) is 5.05. The van der Waals surface area contributed by atoms with Crippen molar-refractivity contribution in [1.29, 1.82) is 0 Å². The van der Waals surface area contributed by atoms with E-state index in [1.54, 1.807) is 13.1 Å². The molecule has 6 rings (SSSR count). The topological polar surface area (TPSA) is 116 Å². The summed E-state index contributed by atoms with van der Waals surface area (Å²) in [6.45, 7) is 5.67. The van der Waals surface area contributed by atoms with Crippen molar-refractivity contribution < 1.29 is 9.32 Å².